The number of carbonyl (C=O) groups excluding carboxylic acids is 1. The molecule has 2 amide bonds. The van der Waals surface area contributed by atoms with Crippen molar-refractivity contribution in [2.24, 2.45) is 0 Å². The van der Waals surface area contributed by atoms with E-state index in [1.165, 1.54) is 6.07 Å². The molecule has 3 N–H and O–H groups in total. The number of aromatic carboxylic acids is 1. The molecule has 0 saturated carbocycles. The number of amides is 2. The third-order valence-electron chi connectivity index (χ3n) is 2.88. The number of urea groups is 1. The highest BCUT2D eigenvalue weighted by Gasteiger charge is 2.15. The molecule has 0 bridgehead atoms. The Morgan fingerprint density at radius 2 is 2.10 bits per heavy atom. The molecule has 0 saturated heterocycles. The number of hydrogen-bond donors (Lipinski definition) is 3. The van der Waals surface area contributed by atoms with Crippen LogP contribution in [0.2, 0.25) is 0 Å². The fourth-order valence-electron chi connectivity index (χ4n) is 1.73. The fourth-order valence-corrected chi connectivity index (χ4v) is 3.05. The number of thiophene rings is 1. The summed E-state index contributed by atoms with van der Waals surface area (Å²) in [6, 6.07) is 4.26. The van der Waals surface area contributed by atoms with E-state index in [4.69, 9.17) is 5.11 Å². The topological polar surface area (TPSA) is 78.4 Å². The van der Waals surface area contributed by atoms with E-state index in [2.05, 4.69) is 26.6 Å². The Morgan fingerprint density at radius 1 is 1.33 bits per heavy atom. The van der Waals surface area contributed by atoms with Crippen LogP contribution in [0.3, 0.4) is 0 Å². The summed E-state index contributed by atoms with van der Waals surface area (Å²) < 4.78 is 0.518. The van der Waals surface area contributed by atoms with Crippen molar-refractivity contribution in [3.05, 3.63) is 50.1 Å². The van der Waals surface area contributed by atoms with Gasteiger partial charge in [-0.1, -0.05) is 6.07 Å². The Bertz CT molecular complexity index is 685. The molecule has 7 heteroatoms. The predicted octanol–water partition coefficient (Wildman–Crippen LogP) is 3.84. The van der Waals surface area contributed by atoms with Crippen LogP contribution in [-0.4, -0.2) is 17.1 Å². The van der Waals surface area contributed by atoms with Gasteiger partial charge in [-0.05, 0) is 56.9 Å². The van der Waals surface area contributed by atoms with Crippen molar-refractivity contribution in [1.82, 2.24) is 5.32 Å². The Labute approximate surface area is 134 Å². The van der Waals surface area contributed by atoms with Crippen molar-refractivity contribution in [3.63, 3.8) is 0 Å². The Hall–Kier alpha value is -1.86. The molecule has 21 heavy (non-hydrogen) atoms. The standard InChI is InChI=1S/C14H13BrN2O3S/c1-8-6-21-7-9(8)5-16-14(20)17-12-10(13(18)19)3-2-4-11(12)15/h2-4,6-7H,5H2,1H3,(H,18,19)(H2,16,17,20). The van der Waals surface area contributed by atoms with Crippen molar-refractivity contribution in [2.75, 3.05) is 5.32 Å². The van der Waals surface area contributed by atoms with Gasteiger partial charge in [0.15, 0.2) is 0 Å². The van der Waals surface area contributed by atoms with Gasteiger partial charge >= 0.3 is 12.0 Å². The van der Waals surface area contributed by atoms with Crippen LogP contribution in [0.1, 0.15) is 21.5 Å². The van der Waals surface area contributed by atoms with Crippen molar-refractivity contribution in [3.8, 4) is 0 Å². The van der Waals surface area contributed by atoms with E-state index < -0.39 is 12.0 Å². The molecule has 0 aliphatic rings. The monoisotopic (exact) mass is 368 g/mol. The van der Waals surface area contributed by atoms with E-state index in [-0.39, 0.29) is 11.3 Å². The zero-order valence-electron chi connectivity index (χ0n) is 11.1. The van der Waals surface area contributed by atoms with Gasteiger partial charge in [-0.15, -0.1) is 0 Å². The number of carbonyl (C=O) groups is 2. The first-order valence-corrected chi connectivity index (χ1v) is 7.81. The van der Waals surface area contributed by atoms with Crippen LogP contribution in [0.25, 0.3) is 0 Å². The lowest BCUT2D eigenvalue weighted by Crippen LogP contribution is -2.29. The molecule has 0 spiro atoms. The largest absolute Gasteiger partial charge is 0.478 e. The smallest absolute Gasteiger partial charge is 0.337 e. The number of halogens is 1. The third-order valence-corrected chi connectivity index (χ3v) is 4.45. The summed E-state index contributed by atoms with van der Waals surface area (Å²) in [5.74, 6) is -1.10. The van der Waals surface area contributed by atoms with Gasteiger partial charge in [0.2, 0.25) is 0 Å². The maximum atomic E-state index is 11.9. The zero-order chi connectivity index (χ0) is 15.4. The Morgan fingerprint density at radius 3 is 2.71 bits per heavy atom. The molecule has 0 radical (unpaired) electrons. The SMILES string of the molecule is Cc1cscc1CNC(=O)Nc1c(Br)cccc1C(=O)O. The van der Waals surface area contributed by atoms with Crippen LogP contribution < -0.4 is 10.6 Å². The Balaban J connectivity index is 2.06. The van der Waals surface area contributed by atoms with E-state index in [0.717, 1.165) is 11.1 Å². The lowest BCUT2D eigenvalue weighted by molar-refractivity contribution is 0.0698. The first-order chi connectivity index (χ1) is 9.99. The van der Waals surface area contributed by atoms with Crippen molar-refractivity contribution < 1.29 is 14.7 Å². The van der Waals surface area contributed by atoms with Crippen LogP contribution in [0.4, 0.5) is 10.5 Å². The number of carboxylic acid groups (broad SMARTS) is 1. The minimum absolute atomic E-state index is 0.0336. The molecule has 1 aromatic heterocycles. The van der Waals surface area contributed by atoms with Gasteiger partial charge in [-0.25, -0.2) is 9.59 Å². The summed E-state index contributed by atoms with van der Waals surface area (Å²) in [5.41, 5.74) is 2.43. The summed E-state index contributed by atoms with van der Waals surface area (Å²) >= 11 is 4.81. The van der Waals surface area contributed by atoms with Crippen molar-refractivity contribution >= 4 is 45.0 Å². The second-order valence-electron chi connectivity index (χ2n) is 4.36. The number of rotatable bonds is 4. The molecule has 0 aliphatic carbocycles. The minimum atomic E-state index is -1.10. The van der Waals surface area contributed by atoms with Crippen LogP contribution in [0.15, 0.2) is 33.4 Å². The zero-order valence-corrected chi connectivity index (χ0v) is 13.5. The van der Waals surface area contributed by atoms with Gasteiger partial charge in [0, 0.05) is 11.0 Å². The second kappa shape index (κ2) is 6.73. The molecular weight excluding hydrogens is 356 g/mol. The molecular formula is C14H13BrN2O3S. The van der Waals surface area contributed by atoms with Gasteiger partial charge in [-0.3, -0.25) is 0 Å². The fraction of sp³-hybridized carbons (Fsp3) is 0.143. The number of aryl methyl sites for hydroxylation is 1. The summed E-state index contributed by atoms with van der Waals surface area (Å²) in [6.45, 7) is 2.37. The number of hydrogen-bond acceptors (Lipinski definition) is 3. The van der Waals surface area contributed by atoms with Crippen molar-refractivity contribution in [2.45, 2.75) is 13.5 Å². The average Bonchev–Trinajstić information content (AvgIpc) is 2.84. The van der Waals surface area contributed by atoms with Crippen LogP contribution in [-0.2, 0) is 6.54 Å². The number of carboxylic acids is 1. The minimum Gasteiger partial charge on any atom is -0.478 e. The third kappa shape index (κ3) is 3.83. The quantitative estimate of drug-likeness (QED) is 0.766. The molecule has 2 rings (SSSR count). The highest BCUT2D eigenvalue weighted by Crippen LogP contribution is 2.26. The summed E-state index contributed by atoms with van der Waals surface area (Å²) in [6.07, 6.45) is 0. The highest BCUT2D eigenvalue weighted by molar-refractivity contribution is 9.10. The molecule has 5 nitrogen and oxygen atoms in total. The van der Waals surface area contributed by atoms with E-state index in [9.17, 15) is 9.59 Å². The van der Waals surface area contributed by atoms with Gasteiger partial charge in [-0.2, -0.15) is 11.3 Å². The van der Waals surface area contributed by atoms with Gasteiger partial charge in [0.25, 0.3) is 0 Å². The normalized spacial score (nSPS) is 10.2. The van der Waals surface area contributed by atoms with Gasteiger partial charge < -0.3 is 15.7 Å². The van der Waals surface area contributed by atoms with E-state index >= 15 is 0 Å². The molecule has 1 aromatic carbocycles. The Kier molecular flexibility index (Phi) is 4.98. The first-order valence-electron chi connectivity index (χ1n) is 6.07. The number of benzene rings is 1. The number of para-hydroxylation sites is 1. The molecule has 0 fully saturated rings. The first kappa shape index (κ1) is 15.5. The number of nitrogens with one attached hydrogen (secondary N) is 2. The summed E-state index contributed by atoms with van der Waals surface area (Å²) in [4.78, 5) is 23.1. The lowest BCUT2D eigenvalue weighted by Gasteiger charge is -2.11. The van der Waals surface area contributed by atoms with Gasteiger partial charge in [0.1, 0.15) is 0 Å². The van der Waals surface area contributed by atoms with Gasteiger partial charge in [0.05, 0.1) is 11.3 Å². The molecule has 1 heterocycles. The van der Waals surface area contributed by atoms with E-state index in [1.807, 2.05) is 17.7 Å². The highest BCUT2D eigenvalue weighted by atomic mass is 79.9. The van der Waals surface area contributed by atoms with Crippen LogP contribution in [0, 0.1) is 6.92 Å². The molecule has 0 aliphatic heterocycles. The predicted molar refractivity (Wildman–Crippen MR) is 86.0 cm³/mol. The second-order valence-corrected chi connectivity index (χ2v) is 5.95. The molecule has 0 atom stereocenters. The molecule has 0 unspecified atom stereocenters. The van der Waals surface area contributed by atoms with E-state index in [0.29, 0.717) is 11.0 Å². The van der Waals surface area contributed by atoms with Crippen LogP contribution >= 0.6 is 27.3 Å². The molecule has 110 valence electrons. The summed E-state index contributed by atoms with van der Waals surface area (Å²) in [7, 11) is 0. The van der Waals surface area contributed by atoms with Crippen molar-refractivity contribution in [1.29, 1.82) is 0 Å². The lowest BCUT2D eigenvalue weighted by atomic mass is 10.2. The number of anilines is 1. The maximum Gasteiger partial charge on any atom is 0.337 e. The van der Waals surface area contributed by atoms with E-state index in [1.54, 1.807) is 23.5 Å². The average molecular weight is 369 g/mol. The maximum absolute atomic E-state index is 11.9. The van der Waals surface area contributed by atoms with Crippen LogP contribution in [0.5, 0.6) is 0 Å². The summed E-state index contributed by atoms with van der Waals surface area (Å²) in [5, 5.41) is 18.4. The molecule has 2 aromatic rings.